The van der Waals surface area contributed by atoms with Gasteiger partial charge >= 0.3 is 0 Å². The van der Waals surface area contributed by atoms with Gasteiger partial charge in [0.15, 0.2) is 0 Å². The van der Waals surface area contributed by atoms with E-state index < -0.39 is 0 Å². The van der Waals surface area contributed by atoms with Crippen molar-refractivity contribution in [1.82, 2.24) is 4.90 Å². The van der Waals surface area contributed by atoms with Crippen molar-refractivity contribution in [3.63, 3.8) is 0 Å². The molecule has 0 atom stereocenters. The van der Waals surface area contributed by atoms with Gasteiger partial charge in [0, 0.05) is 24.5 Å². The van der Waals surface area contributed by atoms with Crippen molar-refractivity contribution >= 4 is 11.6 Å². The normalized spacial score (nSPS) is 21.5. The van der Waals surface area contributed by atoms with Crippen molar-refractivity contribution in [2.75, 3.05) is 13.1 Å². The van der Waals surface area contributed by atoms with Gasteiger partial charge in [0.25, 0.3) is 0 Å². The number of nitrogens with zero attached hydrogens (tertiary/aromatic N) is 1. The number of benzene rings is 1. The Labute approximate surface area is 97.0 Å². The zero-order valence-corrected chi connectivity index (χ0v) is 10.0. The van der Waals surface area contributed by atoms with Crippen LogP contribution in [0.1, 0.15) is 25.3 Å². The number of hydrogen-bond acceptors (Lipinski definition) is 1. The third-order valence-corrected chi connectivity index (χ3v) is 3.53. The lowest BCUT2D eigenvalue weighted by Gasteiger charge is -2.35. The number of rotatable bonds is 2. The molecule has 1 aliphatic rings. The molecule has 0 radical (unpaired) electrons. The Bertz CT molecular complexity index is 298. The van der Waals surface area contributed by atoms with Crippen molar-refractivity contribution in [2.45, 2.75) is 31.2 Å². The minimum Gasteiger partial charge on any atom is -0.299 e. The molecule has 1 saturated heterocycles. The summed E-state index contributed by atoms with van der Waals surface area (Å²) in [6, 6.07) is 10.6. The molecule has 2 heteroatoms. The first-order chi connectivity index (χ1) is 7.16. The van der Waals surface area contributed by atoms with E-state index in [1.54, 1.807) is 0 Å². The van der Waals surface area contributed by atoms with Crippen molar-refractivity contribution in [3.8, 4) is 0 Å². The van der Waals surface area contributed by atoms with E-state index in [4.69, 9.17) is 11.6 Å². The largest absolute Gasteiger partial charge is 0.299 e. The number of alkyl halides is 1. The van der Waals surface area contributed by atoms with Gasteiger partial charge in [0.2, 0.25) is 0 Å². The molecule has 1 aliphatic heterocycles. The number of likely N-dealkylation sites (tertiary alicyclic amines) is 1. The molecular weight excluding hydrogens is 206 g/mol. The Morgan fingerprint density at radius 2 is 1.80 bits per heavy atom. The van der Waals surface area contributed by atoms with Crippen molar-refractivity contribution < 1.29 is 0 Å². The molecule has 0 spiro atoms. The molecule has 82 valence electrons. The predicted octanol–water partition coefficient (Wildman–Crippen LogP) is 3.28. The summed E-state index contributed by atoms with van der Waals surface area (Å²) in [5.74, 6) is 0. The molecule has 0 N–H and O–H groups in total. The van der Waals surface area contributed by atoms with Crippen molar-refractivity contribution in [1.29, 1.82) is 0 Å². The Morgan fingerprint density at radius 1 is 1.20 bits per heavy atom. The topological polar surface area (TPSA) is 3.24 Å². The Morgan fingerprint density at radius 3 is 2.40 bits per heavy atom. The van der Waals surface area contributed by atoms with E-state index in [-0.39, 0.29) is 4.87 Å². The second-order valence-corrected chi connectivity index (χ2v) is 5.59. The molecule has 1 aromatic carbocycles. The smallest absolute Gasteiger partial charge is 0.0443 e. The molecule has 0 aromatic heterocycles. The average molecular weight is 224 g/mol. The molecule has 0 aliphatic carbocycles. The van der Waals surface area contributed by atoms with Crippen LogP contribution in [0.15, 0.2) is 30.3 Å². The molecule has 15 heavy (non-hydrogen) atoms. The van der Waals surface area contributed by atoms with Gasteiger partial charge in [-0.3, -0.25) is 4.90 Å². The maximum atomic E-state index is 6.31. The Kier molecular flexibility index (Phi) is 3.32. The van der Waals surface area contributed by atoms with Crippen LogP contribution >= 0.6 is 11.6 Å². The quantitative estimate of drug-likeness (QED) is 0.696. The van der Waals surface area contributed by atoms with Gasteiger partial charge in [-0.05, 0) is 25.3 Å². The van der Waals surface area contributed by atoms with Crippen LogP contribution in [0, 0.1) is 0 Å². The summed E-state index contributed by atoms with van der Waals surface area (Å²) in [4.78, 5) is 2.52. The van der Waals surface area contributed by atoms with E-state index in [1.165, 1.54) is 5.56 Å². The van der Waals surface area contributed by atoms with Crippen molar-refractivity contribution in [2.24, 2.45) is 0 Å². The van der Waals surface area contributed by atoms with E-state index in [9.17, 15) is 0 Å². The summed E-state index contributed by atoms with van der Waals surface area (Å²) in [5.41, 5.74) is 1.40. The highest BCUT2D eigenvalue weighted by Crippen LogP contribution is 2.28. The molecule has 1 heterocycles. The van der Waals surface area contributed by atoms with Crippen LogP contribution in [-0.4, -0.2) is 22.9 Å². The molecule has 0 bridgehead atoms. The number of piperidine rings is 1. The van der Waals surface area contributed by atoms with Gasteiger partial charge in [-0.1, -0.05) is 30.3 Å². The second-order valence-electron chi connectivity index (χ2n) is 4.68. The Balaban J connectivity index is 1.88. The lowest BCUT2D eigenvalue weighted by molar-refractivity contribution is 0.196. The van der Waals surface area contributed by atoms with Crippen LogP contribution in [-0.2, 0) is 6.54 Å². The summed E-state index contributed by atoms with van der Waals surface area (Å²) in [7, 11) is 0. The predicted molar refractivity (Wildman–Crippen MR) is 65.2 cm³/mol. The third kappa shape index (κ3) is 3.22. The molecule has 0 saturated carbocycles. The third-order valence-electron chi connectivity index (χ3n) is 3.15. The minimum atomic E-state index is 0.0349. The lowest BCUT2D eigenvalue weighted by atomic mass is 9.98. The molecule has 1 nitrogen and oxygen atoms in total. The van der Waals surface area contributed by atoms with Crippen molar-refractivity contribution in [3.05, 3.63) is 35.9 Å². The van der Waals surface area contributed by atoms with E-state index in [1.807, 2.05) is 0 Å². The van der Waals surface area contributed by atoms with Gasteiger partial charge in [0.05, 0.1) is 0 Å². The van der Waals surface area contributed by atoms with Crippen LogP contribution in [0.25, 0.3) is 0 Å². The van der Waals surface area contributed by atoms with E-state index in [0.29, 0.717) is 0 Å². The lowest BCUT2D eigenvalue weighted by Crippen LogP contribution is -2.38. The van der Waals surface area contributed by atoms with Crippen LogP contribution in [0.4, 0.5) is 0 Å². The maximum absolute atomic E-state index is 6.31. The van der Waals surface area contributed by atoms with Gasteiger partial charge in [-0.2, -0.15) is 0 Å². The first kappa shape index (κ1) is 11.0. The highest BCUT2D eigenvalue weighted by atomic mass is 35.5. The fourth-order valence-corrected chi connectivity index (χ4v) is 2.19. The van der Waals surface area contributed by atoms with Gasteiger partial charge < -0.3 is 0 Å². The summed E-state index contributed by atoms with van der Waals surface area (Å²) in [6.45, 7) is 5.45. The zero-order valence-electron chi connectivity index (χ0n) is 9.25. The molecule has 2 rings (SSSR count). The monoisotopic (exact) mass is 223 g/mol. The number of halogens is 1. The molecule has 1 aromatic rings. The minimum absolute atomic E-state index is 0.0349. The van der Waals surface area contributed by atoms with E-state index in [0.717, 1.165) is 32.5 Å². The van der Waals surface area contributed by atoms with E-state index >= 15 is 0 Å². The Hall–Kier alpha value is -0.530. The zero-order chi connectivity index (χ0) is 10.7. The van der Waals surface area contributed by atoms with Gasteiger partial charge in [-0.15, -0.1) is 11.6 Å². The standard InChI is InChI=1S/C13H18ClN/c1-13(14)7-9-15(10-8-13)11-12-5-3-2-4-6-12/h2-6H,7-11H2,1H3. The SMILES string of the molecule is CC1(Cl)CCN(Cc2ccccc2)CC1. The maximum Gasteiger partial charge on any atom is 0.0443 e. The first-order valence-electron chi connectivity index (χ1n) is 5.61. The average Bonchev–Trinajstić information content (AvgIpc) is 2.23. The molecule has 0 amide bonds. The van der Waals surface area contributed by atoms with Crippen LogP contribution in [0.5, 0.6) is 0 Å². The van der Waals surface area contributed by atoms with Crippen LogP contribution in [0.2, 0.25) is 0 Å². The summed E-state index contributed by atoms with van der Waals surface area (Å²) >= 11 is 6.31. The summed E-state index contributed by atoms with van der Waals surface area (Å²) in [6.07, 6.45) is 2.20. The second kappa shape index (κ2) is 4.54. The fraction of sp³-hybridized carbons (Fsp3) is 0.538. The van der Waals surface area contributed by atoms with Crippen LogP contribution < -0.4 is 0 Å². The van der Waals surface area contributed by atoms with Crippen LogP contribution in [0.3, 0.4) is 0 Å². The molecule has 0 unspecified atom stereocenters. The fourth-order valence-electron chi connectivity index (χ4n) is 2.02. The summed E-state index contributed by atoms with van der Waals surface area (Å²) in [5, 5.41) is 0. The number of hydrogen-bond donors (Lipinski definition) is 0. The molecule has 1 fully saturated rings. The van der Waals surface area contributed by atoms with Gasteiger partial charge in [0.1, 0.15) is 0 Å². The first-order valence-corrected chi connectivity index (χ1v) is 5.99. The summed E-state index contributed by atoms with van der Waals surface area (Å²) < 4.78 is 0. The van der Waals surface area contributed by atoms with E-state index in [2.05, 4.69) is 42.2 Å². The highest BCUT2D eigenvalue weighted by molar-refractivity contribution is 6.23. The highest BCUT2D eigenvalue weighted by Gasteiger charge is 2.27. The van der Waals surface area contributed by atoms with Gasteiger partial charge in [-0.25, -0.2) is 0 Å². The molecular formula is C13H18ClN.